The molecule has 1 fully saturated rings. The Labute approximate surface area is 145 Å². The zero-order valence-corrected chi connectivity index (χ0v) is 15.0. The van der Waals surface area contributed by atoms with Crippen molar-refractivity contribution >= 4 is 35.2 Å². The van der Waals surface area contributed by atoms with Gasteiger partial charge in [-0.05, 0) is 37.1 Å². The monoisotopic (exact) mass is 357 g/mol. The largest absolute Gasteiger partial charge is 0.483 e. The van der Waals surface area contributed by atoms with Crippen LogP contribution in [0.25, 0.3) is 0 Å². The molecule has 23 heavy (non-hydrogen) atoms. The summed E-state index contributed by atoms with van der Waals surface area (Å²) in [5.41, 5.74) is 1.79. The van der Waals surface area contributed by atoms with Gasteiger partial charge in [-0.3, -0.25) is 9.59 Å². The molecule has 7 heteroatoms. The molecule has 0 N–H and O–H groups in total. The first-order chi connectivity index (χ1) is 10.9. The minimum Gasteiger partial charge on any atom is -0.483 e. The van der Waals surface area contributed by atoms with Crippen LogP contribution < -0.4 is 4.74 Å². The van der Waals surface area contributed by atoms with Gasteiger partial charge < -0.3 is 14.4 Å². The predicted octanol–water partition coefficient (Wildman–Crippen LogP) is 2.45. The first-order valence-corrected chi connectivity index (χ1v) is 8.71. The molecule has 1 amide bonds. The number of ether oxygens (including phenoxy) is 2. The second-order valence-electron chi connectivity index (χ2n) is 5.38. The second-order valence-corrected chi connectivity index (χ2v) is 7.13. The Morgan fingerprint density at radius 3 is 2.61 bits per heavy atom. The lowest BCUT2D eigenvalue weighted by atomic mass is 10.1. The van der Waals surface area contributed by atoms with E-state index >= 15 is 0 Å². The van der Waals surface area contributed by atoms with E-state index in [1.807, 2.05) is 13.8 Å². The van der Waals surface area contributed by atoms with E-state index in [0.29, 0.717) is 29.6 Å². The third-order valence-corrected chi connectivity index (χ3v) is 5.03. The van der Waals surface area contributed by atoms with Gasteiger partial charge in [-0.15, -0.1) is 11.8 Å². The highest BCUT2D eigenvalue weighted by atomic mass is 35.5. The van der Waals surface area contributed by atoms with Gasteiger partial charge in [-0.25, -0.2) is 0 Å². The normalized spacial score (nSPS) is 17.7. The van der Waals surface area contributed by atoms with Crippen molar-refractivity contribution in [2.75, 3.05) is 32.6 Å². The molecule has 0 aliphatic carbocycles. The number of rotatable bonds is 4. The van der Waals surface area contributed by atoms with Crippen molar-refractivity contribution in [3.05, 3.63) is 28.3 Å². The zero-order chi connectivity index (χ0) is 17.0. The summed E-state index contributed by atoms with van der Waals surface area (Å²) in [6, 6.07) is 3.61. The summed E-state index contributed by atoms with van der Waals surface area (Å²) in [5, 5.41) is 0.323. The average molecular weight is 358 g/mol. The van der Waals surface area contributed by atoms with E-state index in [2.05, 4.69) is 0 Å². The summed E-state index contributed by atoms with van der Waals surface area (Å²) in [6.07, 6.45) is 0. The fraction of sp³-hybridized carbons (Fsp3) is 0.500. The van der Waals surface area contributed by atoms with Crippen molar-refractivity contribution in [2.24, 2.45) is 0 Å². The van der Waals surface area contributed by atoms with Gasteiger partial charge in [0.1, 0.15) is 11.0 Å². The van der Waals surface area contributed by atoms with Crippen LogP contribution in [-0.4, -0.2) is 54.6 Å². The van der Waals surface area contributed by atoms with Crippen LogP contribution in [0.1, 0.15) is 11.1 Å². The van der Waals surface area contributed by atoms with Gasteiger partial charge in [0.25, 0.3) is 5.91 Å². The van der Waals surface area contributed by atoms with Crippen molar-refractivity contribution in [2.45, 2.75) is 19.1 Å². The summed E-state index contributed by atoms with van der Waals surface area (Å²) in [5.74, 6) is 0.967. The lowest BCUT2D eigenvalue weighted by Crippen LogP contribution is -2.46. The van der Waals surface area contributed by atoms with Crippen LogP contribution >= 0.6 is 23.4 Å². The molecule has 0 aromatic heterocycles. The van der Waals surface area contributed by atoms with E-state index in [1.54, 1.807) is 17.0 Å². The minimum atomic E-state index is -0.322. The van der Waals surface area contributed by atoms with E-state index in [1.165, 1.54) is 18.9 Å². The molecule has 1 saturated heterocycles. The lowest BCUT2D eigenvalue weighted by molar-refractivity contribution is -0.141. The maximum atomic E-state index is 12.3. The molecular formula is C16H20ClNO4S. The van der Waals surface area contributed by atoms with Crippen LogP contribution in [0.15, 0.2) is 12.1 Å². The number of hydrogen-bond acceptors (Lipinski definition) is 5. The molecule has 1 atom stereocenters. The van der Waals surface area contributed by atoms with Gasteiger partial charge in [0.2, 0.25) is 0 Å². The highest BCUT2D eigenvalue weighted by molar-refractivity contribution is 8.00. The molecule has 2 rings (SSSR count). The Kier molecular flexibility index (Phi) is 6.18. The van der Waals surface area contributed by atoms with Crippen molar-refractivity contribution in [1.29, 1.82) is 0 Å². The molecule has 1 aliphatic rings. The molecule has 1 heterocycles. The van der Waals surface area contributed by atoms with Gasteiger partial charge in [0.05, 0.1) is 7.11 Å². The Morgan fingerprint density at radius 1 is 1.35 bits per heavy atom. The van der Waals surface area contributed by atoms with E-state index in [4.69, 9.17) is 21.1 Å². The lowest BCUT2D eigenvalue weighted by Gasteiger charge is -2.31. The van der Waals surface area contributed by atoms with E-state index in [0.717, 1.165) is 11.1 Å². The number of amides is 1. The number of benzene rings is 1. The van der Waals surface area contributed by atoms with Gasteiger partial charge in [0.15, 0.2) is 6.61 Å². The Hall–Kier alpha value is -1.40. The van der Waals surface area contributed by atoms with Crippen LogP contribution in [0.5, 0.6) is 5.75 Å². The molecule has 1 aliphatic heterocycles. The van der Waals surface area contributed by atoms with Crippen LogP contribution in [0.4, 0.5) is 0 Å². The molecule has 0 radical (unpaired) electrons. The molecular weight excluding hydrogens is 338 g/mol. The third-order valence-electron chi connectivity index (χ3n) is 3.65. The number of methoxy groups -OCH3 is 1. The van der Waals surface area contributed by atoms with E-state index in [-0.39, 0.29) is 23.7 Å². The quantitative estimate of drug-likeness (QED) is 0.775. The Morgan fingerprint density at radius 2 is 2.00 bits per heavy atom. The Balaban J connectivity index is 1.96. The van der Waals surface area contributed by atoms with Crippen LogP contribution in [0.3, 0.4) is 0 Å². The first-order valence-electron chi connectivity index (χ1n) is 7.29. The highest BCUT2D eigenvalue weighted by Crippen LogP contribution is 2.27. The second kappa shape index (κ2) is 7.93. The minimum absolute atomic E-state index is 0.0537. The topological polar surface area (TPSA) is 55.8 Å². The average Bonchev–Trinajstić information content (AvgIpc) is 2.53. The molecule has 1 aromatic carbocycles. The SMILES string of the molecule is COC(=O)[C@@H]1CN(C(=O)COc2c(C)cc(Cl)cc2C)CCS1. The number of halogens is 1. The summed E-state index contributed by atoms with van der Waals surface area (Å²) >= 11 is 7.50. The summed E-state index contributed by atoms with van der Waals surface area (Å²) in [7, 11) is 1.36. The van der Waals surface area contributed by atoms with Crippen molar-refractivity contribution < 1.29 is 19.1 Å². The molecule has 126 valence electrons. The van der Waals surface area contributed by atoms with Crippen LogP contribution in [0.2, 0.25) is 5.02 Å². The van der Waals surface area contributed by atoms with Crippen molar-refractivity contribution in [3.63, 3.8) is 0 Å². The van der Waals surface area contributed by atoms with Gasteiger partial charge in [-0.1, -0.05) is 11.6 Å². The number of hydrogen-bond donors (Lipinski definition) is 0. The van der Waals surface area contributed by atoms with Gasteiger partial charge in [0, 0.05) is 23.9 Å². The molecule has 0 saturated carbocycles. The fourth-order valence-electron chi connectivity index (χ4n) is 2.50. The summed E-state index contributed by atoms with van der Waals surface area (Å²) < 4.78 is 10.4. The molecule has 0 bridgehead atoms. The fourth-order valence-corrected chi connectivity index (χ4v) is 3.96. The van der Waals surface area contributed by atoms with Gasteiger partial charge in [-0.2, -0.15) is 0 Å². The predicted molar refractivity (Wildman–Crippen MR) is 91.3 cm³/mol. The Bertz CT molecular complexity index is 585. The maximum Gasteiger partial charge on any atom is 0.320 e. The molecule has 1 aromatic rings. The number of nitrogens with zero attached hydrogens (tertiary/aromatic N) is 1. The smallest absolute Gasteiger partial charge is 0.320 e. The van der Waals surface area contributed by atoms with E-state index in [9.17, 15) is 9.59 Å². The number of esters is 1. The zero-order valence-electron chi connectivity index (χ0n) is 13.4. The number of carbonyl (C=O) groups is 2. The maximum absolute atomic E-state index is 12.3. The van der Waals surface area contributed by atoms with Crippen LogP contribution in [-0.2, 0) is 14.3 Å². The molecule has 0 spiro atoms. The van der Waals surface area contributed by atoms with Crippen LogP contribution in [0, 0.1) is 13.8 Å². The number of aryl methyl sites for hydroxylation is 2. The highest BCUT2D eigenvalue weighted by Gasteiger charge is 2.29. The first kappa shape index (κ1) is 17.9. The van der Waals surface area contributed by atoms with Gasteiger partial charge >= 0.3 is 5.97 Å². The standard InChI is InChI=1S/C16H20ClNO4S/c1-10-6-12(17)7-11(2)15(10)22-9-14(19)18-4-5-23-13(8-18)16(20)21-3/h6-7,13H,4-5,8-9H2,1-3H3/t13-/m0/s1. The summed E-state index contributed by atoms with van der Waals surface area (Å²) in [6.45, 7) is 4.70. The van der Waals surface area contributed by atoms with Crippen molar-refractivity contribution in [1.82, 2.24) is 4.90 Å². The third kappa shape index (κ3) is 4.54. The van der Waals surface area contributed by atoms with Crippen molar-refractivity contribution in [3.8, 4) is 5.75 Å². The molecule has 5 nitrogen and oxygen atoms in total. The number of thioether (sulfide) groups is 1. The summed E-state index contributed by atoms with van der Waals surface area (Å²) in [4.78, 5) is 25.6. The molecule has 0 unspecified atom stereocenters. The van der Waals surface area contributed by atoms with E-state index < -0.39 is 0 Å². The number of carbonyl (C=O) groups excluding carboxylic acids is 2.